The Kier molecular flexibility index (Phi) is 7.17. The smallest absolute Gasteiger partial charge is 0.248 e. The molecule has 0 aliphatic heterocycles. The number of nitrogens with one attached hydrogen (secondary N) is 1. The van der Waals surface area contributed by atoms with Gasteiger partial charge in [-0.05, 0) is 81.0 Å². The number of nitrogen functional groups attached to an aromatic ring is 2. The fourth-order valence-electron chi connectivity index (χ4n) is 5.01. The minimum Gasteiger partial charge on any atom is -0.399 e. The Bertz CT molecular complexity index is 1820. The largest absolute Gasteiger partial charge is 0.399 e. The lowest BCUT2D eigenvalue weighted by Gasteiger charge is -2.09. The molecule has 6 aromatic rings. The molecule has 0 saturated heterocycles. The van der Waals surface area contributed by atoms with Crippen molar-refractivity contribution in [1.29, 1.82) is 0 Å². The van der Waals surface area contributed by atoms with E-state index in [-0.39, 0.29) is 12.3 Å². The average molecular weight is 567 g/mol. The van der Waals surface area contributed by atoms with Crippen LogP contribution in [0.15, 0.2) is 96.5 Å². The third-order valence-corrected chi connectivity index (χ3v) is 8.10. The van der Waals surface area contributed by atoms with E-state index in [1.54, 1.807) is 17.4 Å². The number of hydrogen-bond donors (Lipinski definition) is 3. The quantitative estimate of drug-likeness (QED) is 0.134. The van der Waals surface area contributed by atoms with Crippen LogP contribution in [0.1, 0.15) is 16.7 Å². The van der Waals surface area contributed by atoms with E-state index in [1.807, 2.05) is 72.9 Å². The van der Waals surface area contributed by atoms with Gasteiger partial charge in [0.25, 0.3) is 0 Å². The molecule has 8 heteroatoms. The Morgan fingerprint density at radius 3 is 2.48 bits per heavy atom. The number of nitrogens with two attached hydrogens (primary N) is 2. The highest BCUT2D eigenvalue weighted by atomic mass is 35.5. The fourth-order valence-corrected chi connectivity index (χ4v) is 6.11. The van der Waals surface area contributed by atoms with E-state index < -0.39 is 0 Å². The topological polar surface area (TPSA) is 95.3 Å². The van der Waals surface area contributed by atoms with Crippen molar-refractivity contribution in [3.63, 3.8) is 0 Å². The number of fused-ring (bicyclic) bond motifs is 2. The first kappa shape index (κ1) is 26.0. The number of benzene rings is 4. The van der Waals surface area contributed by atoms with Gasteiger partial charge in [0.2, 0.25) is 5.91 Å². The molecule has 0 aliphatic carbocycles. The van der Waals surface area contributed by atoms with Gasteiger partial charge in [0.1, 0.15) is 0 Å². The van der Waals surface area contributed by atoms with Gasteiger partial charge in [-0.15, -0.1) is 11.3 Å². The highest BCUT2D eigenvalue weighted by Gasteiger charge is 2.16. The Balaban J connectivity index is 1.33. The monoisotopic (exact) mass is 566 g/mol. The van der Waals surface area contributed by atoms with Crippen molar-refractivity contribution in [3.8, 4) is 11.1 Å². The van der Waals surface area contributed by atoms with Crippen LogP contribution >= 0.6 is 22.9 Å². The van der Waals surface area contributed by atoms with Crippen LogP contribution in [-0.2, 0) is 29.2 Å². The molecule has 0 unspecified atom stereocenters. The second kappa shape index (κ2) is 11.1. The lowest BCUT2D eigenvalue weighted by atomic mass is 10.0. The summed E-state index contributed by atoms with van der Waals surface area (Å²) in [6.07, 6.45) is 2.23. The summed E-state index contributed by atoms with van der Waals surface area (Å²) in [5.74, 6) is -0.213. The SMILES string of the molecule is Nc1cc(N)cc(-c2ccc3c(CC(=O)NOCc4ccccc4)cn(Cc4csc5ccc(Cl)cc45)c3c2)c1. The van der Waals surface area contributed by atoms with Crippen LogP contribution < -0.4 is 16.9 Å². The van der Waals surface area contributed by atoms with Crippen molar-refractivity contribution < 1.29 is 9.63 Å². The van der Waals surface area contributed by atoms with Crippen molar-refractivity contribution in [2.75, 3.05) is 11.5 Å². The molecule has 200 valence electrons. The second-order valence-electron chi connectivity index (χ2n) is 9.78. The Morgan fingerprint density at radius 2 is 1.68 bits per heavy atom. The van der Waals surface area contributed by atoms with E-state index in [1.165, 1.54) is 10.3 Å². The summed E-state index contributed by atoms with van der Waals surface area (Å²) in [7, 11) is 0. The van der Waals surface area contributed by atoms with Gasteiger partial charge < -0.3 is 16.0 Å². The third kappa shape index (κ3) is 5.53. The maximum atomic E-state index is 12.9. The number of hydrogen-bond acceptors (Lipinski definition) is 5. The molecular formula is C32H27ClN4O2S. The van der Waals surface area contributed by atoms with Gasteiger partial charge in [-0.3, -0.25) is 9.63 Å². The first-order valence-electron chi connectivity index (χ1n) is 12.8. The van der Waals surface area contributed by atoms with Gasteiger partial charge in [0, 0.05) is 44.7 Å². The van der Waals surface area contributed by atoms with E-state index >= 15 is 0 Å². The number of carbonyl (C=O) groups excluding carboxylic acids is 1. The van der Waals surface area contributed by atoms with Crippen molar-refractivity contribution in [2.24, 2.45) is 0 Å². The molecule has 5 N–H and O–H groups in total. The molecule has 6 nitrogen and oxygen atoms in total. The summed E-state index contributed by atoms with van der Waals surface area (Å²) in [6, 6.07) is 27.5. The van der Waals surface area contributed by atoms with E-state index in [0.717, 1.165) is 38.5 Å². The highest BCUT2D eigenvalue weighted by Crippen LogP contribution is 2.33. The maximum absolute atomic E-state index is 12.9. The molecule has 0 aliphatic rings. The van der Waals surface area contributed by atoms with Gasteiger partial charge in [-0.2, -0.15) is 0 Å². The normalized spacial score (nSPS) is 11.3. The number of rotatable bonds is 8. The minimum absolute atomic E-state index is 0.180. The summed E-state index contributed by atoms with van der Waals surface area (Å²) in [4.78, 5) is 18.3. The molecule has 2 heterocycles. The van der Waals surface area contributed by atoms with Gasteiger partial charge >= 0.3 is 0 Å². The zero-order valence-corrected chi connectivity index (χ0v) is 23.1. The molecule has 4 aromatic carbocycles. The van der Waals surface area contributed by atoms with Crippen LogP contribution in [0.5, 0.6) is 0 Å². The number of carbonyl (C=O) groups is 1. The van der Waals surface area contributed by atoms with E-state index in [9.17, 15) is 4.79 Å². The number of amides is 1. The number of anilines is 2. The van der Waals surface area contributed by atoms with Crippen LogP contribution in [0.3, 0.4) is 0 Å². The molecule has 40 heavy (non-hydrogen) atoms. The molecule has 0 radical (unpaired) electrons. The van der Waals surface area contributed by atoms with Crippen LogP contribution in [0.4, 0.5) is 11.4 Å². The van der Waals surface area contributed by atoms with Crippen LogP contribution in [0.2, 0.25) is 5.02 Å². The van der Waals surface area contributed by atoms with Gasteiger partial charge in [-0.1, -0.05) is 54.1 Å². The van der Waals surface area contributed by atoms with Crippen molar-refractivity contribution in [1.82, 2.24) is 10.0 Å². The summed E-state index contributed by atoms with van der Waals surface area (Å²) in [5, 5.41) is 5.00. The summed E-state index contributed by atoms with van der Waals surface area (Å²) in [5.41, 5.74) is 22.0. The Hall–Kier alpha value is -4.30. The molecule has 0 saturated carbocycles. The number of hydroxylamine groups is 1. The molecule has 6 rings (SSSR count). The number of halogens is 1. The molecular weight excluding hydrogens is 540 g/mol. The third-order valence-electron chi connectivity index (χ3n) is 6.85. The maximum Gasteiger partial charge on any atom is 0.248 e. The predicted octanol–water partition coefficient (Wildman–Crippen LogP) is 7.18. The Labute approximate surface area is 240 Å². The van der Waals surface area contributed by atoms with Crippen LogP contribution in [0.25, 0.3) is 32.1 Å². The number of nitrogens with zero attached hydrogens (tertiary/aromatic N) is 1. The average Bonchev–Trinajstić information content (AvgIpc) is 3.49. The van der Waals surface area contributed by atoms with E-state index in [0.29, 0.717) is 29.5 Å². The molecule has 0 spiro atoms. The van der Waals surface area contributed by atoms with E-state index in [4.69, 9.17) is 27.9 Å². The van der Waals surface area contributed by atoms with Crippen LogP contribution in [-0.4, -0.2) is 10.5 Å². The predicted molar refractivity (Wildman–Crippen MR) is 165 cm³/mol. The van der Waals surface area contributed by atoms with Gasteiger partial charge in [0.05, 0.1) is 13.0 Å². The molecule has 2 aromatic heterocycles. The van der Waals surface area contributed by atoms with Crippen molar-refractivity contribution in [3.05, 3.63) is 118 Å². The molecule has 0 atom stereocenters. The first-order chi connectivity index (χ1) is 19.4. The second-order valence-corrected chi connectivity index (χ2v) is 11.1. The summed E-state index contributed by atoms with van der Waals surface area (Å²) in [6.45, 7) is 0.931. The Morgan fingerprint density at radius 1 is 0.875 bits per heavy atom. The lowest BCUT2D eigenvalue weighted by molar-refractivity contribution is -0.133. The highest BCUT2D eigenvalue weighted by molar-refractivity contribution is 7.17. The summed E-state index contributed by atoms with van der Waals surface area (Å²) < 4.78 is 3.37. The molecule has 1 amide bonds. The minimum atomic E-state index is -0.213. The number of thiophene rings is 1. The van der Waals surface area contributed by atoms with Crippen molar-refractivity contribution >= 4 is 61.2 Å². The molecule has 0 fully saturated rings. The first-order valence-corrected chi connectivity index (χ1v) is 14.1. The standard InChI is InChI=1S/C32H27ClN4O2S/c33-25-7-9-31-29(14-25)24(19-40-31)17-37-16-23(13-32(38)36-39-18-20-4-2-1-3-5-20)28-8-6-21(12-30(28)37)22-10-26(34)15-27(35)11-22/h1-12,14-16,19H,13,17-18,34-35H2,(H,36,38). The zero-order chi connectivity index (χ0) is 27.6. The van der Waals surface area contributed by atoms with Crippen LogP contribution in [0, 0.1) is 0 Å². The van der Waals surface area contributed by atoms with Crippen molar-refractivity contribution in [2.45, 2.75) is 19.6 Å². The zero-order valence-electron chi connectivity index (χ0n) is 21.6. The van der Waals surface area contributed by atoms with Gasteiger partial charge in [-0.25, -0.2) is 5.48 Å². The molecule has 0 bridgehead atoms. The fraction of sp³-hybridized carbons (Fsp3) is 0.0938. The van der Waals surface area contributed by atoms with Gasteiger partial charge in [0.15, 0.2) is 0 Å². The summed E-state index contributed by atoms with van der Waals surface area (Å²) >= 11 is 8.02. The lowest BCUT2D eigenvalue weighted by Crippen LogP contribution is -2.25. The van der Waals surface area contributed by atoms with E-state index in [2.05, 4.69) is 27.6 Å². The number of aromatic nitrogens is 1.